The Kier molecular flexibility index (Phi) is 9.45. The Morgan fingerprint density at radius 3 is 2.12 bits per heavy atom. The Balaban J connectivity index is 1.70. The molecule has 2 heterocycles. The van der Waals surface area contributed by atoms with E-state index in [0.717, 1.165) is 16.9 Å². The molecular formula is C32H32N2O8S. The van der Waals surface area contributed by atoms with E-state index in [9.17, 15) is 24.0 Å². The van der Waals surface area contributed by atoms with Crippen LogP contribution < -0.4 is 10.9 Å². The summed E-state index contributed by atoms with van der Waals surface area (Å²) in [5, 5.41) is 3.66. The molecule has 0 fully saturated rings. The summed E-state index contributed by atoms with van der Waals surface area (Å²) >= 11 is 0.863. The molecule has 224 valence electrons. The molecule has 1 amide bonds. The number of rotatable bonds is 9. The number of thiophene rings is 1. The van der Waals surface area contributed by atoms with Gasteiger partial charge in [-0.2, -0.15) is 0 Å². The van der Waals surface area contributed by atoms with Crippen molar-refractivity contribution in [3.8, 4) is 11.1 Å². The van der Waals surface area contributed by atoms with Crippen LogP contribution in [-0.2, 0) is 26.1 Å². The van der Waals surface area contributed by atoms with Crippen LogP contribution in [0.15, 0.2) is 53.3 Å². The Morgan fingerprint density at radius 2 is 1.49 bits per heavy atom. The SMILES string of the molecule is CCOC(=O)c1sc(NC(=O)C(C)OC(=O)c2c(-c3ccc(C)cc3)c3ccccc3c(=O)n2C)c(C(=O)OCC)c1C. The van der Waals surface area contributed by atoms with Gasteiger partial charge in [-0.05, 0) is 57.2 Å². The number of anilines is 1. The lowest BCUT2D eigenvalue weighted by Crippen LogP contribution is -2.33. The number of pyridine rings is 1. The highest BCUT2D eigenvalue weighted by molar-refractivity contribution is 7.18. The predicted molar refractivity (Wildman–Crippen MR) is 164 cm³/mol. The number of hydrogen-bond donors (Lipinski definition) is 1. The van der Waals surface area contributed by atoms with Gasteiger partial charge in [0.25, 0.3) is 11.5 Å². The van der Waals surface area contributed by atoms with Crippen LogP contribution in [-0.4, -0.2) is 47.7 Å². The number of amides is 1. The molecule has 2 aromatic carbocycles. The first-order chi connectivity index (χ1) is 20.5. The molecule has 0 bridgehead atoms. The van der Waals surface area contributed by atoms with E-state index < -0.39 is 35.5 Å². The van der Waals surface area contributed by atoms with E-state index in [0.29, 0.717) is 27.5 Å². The van der Waals surface area contributed by atoms with Gasteiger partial charge in [0.05, 0.1) is 18.8 Å². The molecule has 2 aromatic heterocycles. The Labute approximate surface area is 252 Å². The van der Waals surface area contributed by atoms with Gasteiger partial charge in [-0.25, -0.2) is 14.4 Å². The first kappa shape index (κ1) is 31.2. The summed E-state index contributed by atoms with van der Waals surface area (Å²) in [5.74, 6) is -3.00. The third-order valence-electron chi connectivity index (χ3n) is 6.81. The molecule has 0 spiro atoms. The molecule has 10 nitrogen and oxygen atoms in total. The number of nitrogens with one attached hydrogen (secondary N) is 1. The number of fused-ring (bicyclic) bond motifs is 1. The largest absolute Gasteiger partial charge is 0.462 e. The quantitative estimate of drug-likeness (QED) is 0.198. The smallest absolute Gasteiger partial charge is 0.356 e. The van der Waals surface area contributed by atoms with Crippen LogP contribution in [0, 0.1) is 13.8 Å². The van der Waals surface area contributed by atoms with Gasteiger partial charge in [0.1, 0.15) is 15.6 Å². The van der Waals surface area contributed by atoms with Crippen molar-refractivity contribution >= 4 is 50.9 Å². The van der Waals surface area contributed by atoms with Crippen molar-refractivity contribution in [3.63, 3.8) is 0 Å². The summed E-state index contributed by atoms with van der Waals surface area (Å²) in [5.41, 5.74) is 2.11. The second-order valence-electron chi connectivity index (χ2n) is 9.74. The molecule has 1 N–H and O–H groups in total. The predicted octanol–water partition coefficient (Wildman–Crippen LogP) is 5.42. The fraction of sp³-hybridized carbons (Fsp3) is 0.281. The third kappa shape index (κ3) is 6.21. The molecular weight excluding hydrogens is 572 g/mol. The minimum atomic E-state index is -1.34. The van der Waals surface area contributed by atoms with Crippen molar-refractivity contribution in [2.24, 2.45) is 7.05 Å². The maximum atomic E-state index is 13.7. The fourth-order valence-electron chi connectivity index (χ4n) is 4.64. The van der Waals surface area contributed by atoms with Crippen molar-refractivity contribution in [1.82, 2.24) is 4.57 Å². The second kappa shape index (κ2) is 13.0. The van der Waals surface area contributed by atoms with Crippen molar-refractivity contribution in [1.29, 1.82) is 0 Å². The fourth-order valence-corrected chi connectivity index (χ4v) is 5.73. The van der Waals surface area contributed by atoms with E-state index in [1.807, 2.05) is 31.2 Å². The first-order valence-corrected chi connectivity index (χ1v) is 14.5. The minimum absolute atomic E-state index is 0.0142. The summed E-state index contributed by atoms with van der Waals surface area (Å²) < 4.78 is 17.0. The highest BCUT2D eigenvalue weighted by Crippen LogP contribution is 2.35. The molecule has 11 heteroatoms. The maximum absolute atomic E-state index is 13.7. The zero-order valence-electron chi connectivity index (χ0n) is 24.7. The van der Waals surface area contributed by atoms with Gasteiger partial charge < -0.3 is 24.1 Å². The molecule has 0 aliphatic heterocycles. The van der Waals surface area contributed by atoms with E-state index in [-0.39, 0.29) is 34.3 Å². The number of carbonyl (C=O) groups excluding carboxylic acids is 4. The van der Waals surface area contributed by atoms with Crippen molar-refractivity contribution in [2.75, 3.05) is 18.5 Å². The van der Waals surface area contributed by atoms with E-state index in [1.54, 1.807) is 45.0 Å². The highest BCUT2D eigenvalue weighted by Gasteiger charge is 2.30. The number of nitrogens with zero attached hydrogens (tertiary/aromatic N) is 1. The van der Waals surface area contributed by atoms with Gasteiger partial charge in [-0.1, -0.05) is 48.0 Å². The molecule has 0 aliphatic carbocycles. The van der Waals surface area contributed by atoms with Crippen LogP contribution in [0.5, 0.6) is 0 Å². The molecule has 0 aliphatic rings. The molecule has 4 rings (SSSR count). The lowest BCUT2D eigenvalue weighted by molar-refractivity contribution is -0.123. The zero-order valence-corrected chi connectivity index (χ0v) is 25.5. The lowest BCUT2D eigenvalue weighted by atomic mass is 9.96. The monoisotopic (exact) mass is 604 g/mol. The summed E-state index contributed by atoms with van der Waals surface area (Å²) in [6.07, 6.45) is -1.34. The molecule has 0 radical (unpaired) electrons. The third-order valence-corrected chi connectivity index (χ3v) is 8.00. The van der Waals surface area contributed by atoms with Crippen molar-refractivity contribution < 1.29 is 33.4 Å². The summed E-state index contributed by atoms with van der Waals surface area (Å²) in [6.45, 7) is 8.36. The average molecular weight is 605 g/mol. The van der Waals surface area contributed by atoms with E-state index >= 15 is 0 Å². The van der Waals surface area contributed by atoms with Gasteiger partial charge in [-0.15, -0.1) is 11.3 Å². The molecule has 4 aromatic rings. The van der Waals surface area contributed by atoms with Crippen LogP contribution >= 0.6 is 11.3 Å². The second-order valence-corrected chi connectivity index (χ2v) is 10.8. The topological polar surface area (TPSA) is 130 Å². The van der Waals surface area contributed by atoms with Crippen LogP contribution in [0.2, 0.25) is 0 Å². The van der Waals surface area contributed by atoms with Crippen molar-refractivity contribution in [2.45, 2.75) is 40.7 Å². The summed E-state index contributed by atoms with van der Waals surface area (Å²) in [4.78, 5) is 65.5. The van der Waals surface area contributed by atoms with E-state index in [2.05, 4.69) is 5.32 Å². The van der Waals surface area contributed by atoms with Gasteiger partial charge >= 0.3 is 17.9 Å². The molecule has 1 atom stereocenters. The Morgan fingerprint density at radius 1 is 0.884 bits per heavy atom. The van der Waals surface area contributed by atoms with Gasteiger partial charge in [-0.3, -0.25) is 9.59 Å². The van der Waals surface area contributed by atoms with Gasteiger partial charge in [0.2, 0.25) is 0 Å². The van der Waals surface area contributed by atoms with Gasteiger partial charge in [0, 0.05) is 18.0 Å². The highest BCUT2D eigenvalue weighted by atomic mass is 32.1. The van der Waals surface area contributed by atoms with Crippen LogP contribution in [0.3, 0.4) is 0 Å². The standard InChI is InChI=1S/C32H32N2O8S/c1-7-40-30(37)23-18(4)26(32(39)41-8-2)43-28(23)33-27(35)19(5)42-31(38)25-24(20-15-13-17(3)14-16-20)21-11-9-10-12-22(21)29(36)34(25)6/h9-16,19H,7-8H2,1-6H3,(H,33,35). The van der Waals surface area contributed by atoms with E-state index in [4.69, 9.17) is 14.2 Å². The van der Waals surface area contributed by atoms with Gasteiger partial charge in [0.15, 0.2) is 6.10 Å². The number of aryl methyl sites for hydroxylation is 1. The number of ether oxygens (including phenoxy) is 3. The summed E-state index contributed by atoms with van der Waals surface area (Å²) in [7, 11) is 1.48. The number of benzene rings is 2. The maximum Gasteiger partial charge on any atom is 0.356 e. The number of aromatic nitrogens is 1. The molecule has 1 unspecified atom stereocenters. The minimum Gasteiger partial charge on any atom is -0.462 e. The zero-order chi connectivity index (χ0) is 31.4. The number of esters is 3. The summed E-state index contributed by atoms with van der Waals surface area (Å²) in [6, 6.07) is 14.5. The first-order valence-electron chi connectivity index (χ1n) is 13.7. The van der Waals surface area contributed by atoms with E-state index in [1.165, 1.54) is 18.5 Å². The molecule has 0 saturated carbocycles. The lowest BCUT2D eigenvalue weighted by Gasteiger charge is -2.19. The number of hydrogen-bond acceptors (Lipinski definition) is 9. The van der Waals surface area contributed by atoms with Crippen LogP contribution in [0.4, 0.5) is 5.00 Å². The van der Waals surface area contributed by atoms with Crippen molar-refractivity contribution in [3.05, 3.63) is 86.1 Å². The van der Waals surface area contributed by atoms with Crippen LogP contribution in [0.25, 0.3) is 21.9 Å². The van der Waals surface area contributed by atoms with Crippen LogP contribution in [0.1, 0.15) is 62.4 Å². The normalized spacial score (nSPS) is 11.6. The Bertz CT molecular complexity index is 1790. The molecule has 0 saturated heterocycles. The number of carbonyl (C=O) groups is 4. The Hall–Kier alpha value is -4.77. The molecule has 43 heavy (non-hydrogen) atoms. The average Bonchev–Trinajstić information content (AvgIpc) is 3.30.